The Hall–Kier alpha value is -2.37. The molecule has 168 valence electrons. The molecule has 1 aromatic heterocycles. The molecule has 1 saturated heterocycles. The lowest BCUT2D eigenvalue weighted by molar-refractivity contribution is -0.123. The Kier molecular flexibility index (Phi) is 7.71. The zero-order chi connectivity index (χ0) is 23.4. The fourth-order valence-corrected chi connectivity index (χ4v) is 5.21. The summed E-state index contributed by atoms with van der Waals surface area (Å²) in [6.45, 7) is 0.519. The second-order valence-electron chi connectivity index (χ2n) is 7.00. The summed E-state index contributed by atoms with van der Waals surface area (Å²) in [6.07, 6.45) is 3.42. The van der Waals surface area contributed by atoms with Crippen LogP contribution in [-0.2, 0) is 17.9 Å². The summed E-state index contributed by atoms with van der Waals surface area (Å²) < 4.78 is 13.2. The van der Waals surface area contributed by atoms with Crippen molar-refractivity contribution < 1.29 is 19.1 Å². The van der Waals surface area contributed by atoms with E-state index in [2.05, 4.69) is 43.5 Å². The van der Waals surface area contributed by atoms with Crippen molar-refractivity contribution in [3.05, 3.63) is 90.6 Å². The standard InChI is InChI=1S/C24H18BrIN2O4S/c1-31-20-11-15(10-19(26)22(20)32-14-17-7-4-5-9-27-17)12-21-23(29)28(24(30)33-21)13-16-6-2-3-8-18(16)25/h2-12H,13-14H2,1H3/b21-12-. The smallest absolute Gasteiger partial charge is 0.293 e. The van der Waals surface area contributed by atoms with Gasteiger partial charge in [-0.2, -0.15) is 0 Å². The van der Waals surface area contributed by atoms with E-state index in [0.717, 1.165) is 36.6 Å². The lowest BCUT2D eigenvalue weighted by atomic mass is 10.1. The number of rotatable bonds is 7. The molecular formula is C24H18BrIN2O4S. The number of benzene rings is 2. The molecule has 0 bridgehead atoms. The molecule has 0 spiro atoms. The summed E-state index contributed by atoms with van der Waals surface area (Å²) in [4.78, 5) is 31.3. The number of thioether (sulfide) groups is 1. The number of hydrogen-bond donors (Lipinski definition) is 0. The largest absolute Gasteiger partial charge is 0.493 e. The van der Waals surface area contributed by atoms with Crippen molar-refractivity contribution >= 4 is 67.5 Å². The highest BCUT2D eigenvalue weighted by atomic mass is 127. The van der Waals surface area contributed by atoms with E-state index in [4.69, 9.17) is 9.47 Å². The van der Waals surface area contributed by atoms with Crippen LogP contribution in [0.25, 0.3) is 6.08 Å². The fourth-order valence-electron chi connectivity index (χ4n) is 3.18. The second-order valence-corrected chi connectivity index (χ2v) is 10.0. The average Bonchev–Trinajstić information content (AvgIpc) is 3.07. The van der Waals surface area contributed by atoms with E-state index in [-0.39, 0.29) is 17.7 Å². The second kappa shape index (κ2) is 10.7. The van der Waals surface area contributed by atoms with Gasteiger partial charge >= 0.3 is 0 Å². The van der Waals surface area contributed by atoms with Crippen molar-refractivity contribution in [2.24, 2.45) is 0 Å². The zero-order valence-electron chi connectivity index (χ0n) is 17.5. The van der Waals surface area contributed by atoms with Crippen LogP contribution in [0.4, 0.5) is 4.79 Å². The Morgan fingerprint density at radius 2 is 1.94 bits per heavy atom. The van der Waals surface area contributed by atoms with E-state index in [9.17, 15) is 9.59 Å². The number of halogens is 2. The van der Waals surface area contributed by atoms with Crippen LogP contribution in [0.1, 0.15) is 16.8 Å². The van der Waals surface area contributed by atoms with Crippen LogP contribution in [0, 0.1) is 3.57 Å². The molecule has 2 aromatic carbocycles. The molecule has 1 fully saturated rings. The third kappa shape index (κ3) is 5.59. The van der Waals surface area contributed by atoms with Gasteiger partial charge in [0, 0.05) is 10.7 Å². The maximum Gasteiger partial charge on any atom is 0.293 e. The Balaban J connectivity index is 1.54. The SMILES string of the molecule is COc1cc(/C=C2\SC(=O)N(Cc3ccccc3Br)C2=O)cc(I)c1OCc1ccccn1. The summed E-state index contributed by atoms with van der Waals surface area (Å²) >= 11 is 6.57. The quantitative estimate of drug-likeness (QED) is 0.225. The van der Waals surface area contributed by atoms with Crippen LogP contribution in [0.2, 0.25) is 0 Å². The van der Waals surface area contributed by atoms with Gasteiger partial charge in [-0.1, -0.05) is 40.2 Å². The number of amides is 2. The van der Waals surface area contributed by atoms with Crippen LogP contribution in [0.5, 0.6) is 11.5 Å². The lowest BCUT2D eigenvalue weighted by Gasteiger charge is -2.14. The first-order chi connectivity index (χ1) is 16.0. The Bertz CT molecular complexity index is 1240. The van der Waals surface area contributed by atoms with Crippen LogP contribution in [0.3, 0.4) is 0 Å². The number of ether oxygens (including phenoxy) is 2. The third-order valence-corrected chi connectivity index (χ3v) is 7.28. The molecule has 0 radical (unpaired) electrons. The van der Waals surface area contributed by atoms with Gasteiger partial charge in [-0.3, -0.25) is 19.5 Å². The van der Waals surface area contributed by atoms with Crippen molar-refractivity contribution in [1.29, 1.82) is 0 Å². The summed E-state index contributed by atoms with van der Waals surface area (Å²) in [5.41, 5.74) is 2.41. The molecule has 1 aliphatic heterocycles. The van der Waals surface area contributed by atoms with E-state index in [1.807, 2.05) is 48.5 Å². The maximum absolute atomic E-state index is 12.9. The number of hydrogen-bond acceptors (Lipinski definition) is 6. The minimum atomic E-state index is -0.315. The minimum Gasteiger partial charge on any atom is -0.493 e. The van der Waals surface area contributed by atoms with E-state index >= 15 is 0 Å². The Labute approximate surface area is 217 Å². The average molecular weight is 637 g/mol. The molecule has 9 heteroatoms. The molecule has 4 rings (SSSR count). The molecule has 0 saturated carbocycles. The van der Waals surface area contributed by atoms with E-state index in [1.54, 1.807) is 25.4 Å². The molecule has 0 unspecified atom stereocenters. The summed E-state index contributed by atoms with van der Waals surface area (Å²) in [5.74, 6) is 0.824. The zero-order valence-corrected chi connectivity index (χ0v) is 22.0. The van der Waals surface area contributed by atoms with Crippen LogP contribution in [-0.4, -0.2) is 28.1 Å². The molecule has 1 aliphatic rings. The van der Waals surface area contributed by atoms with Crippen LogP contribution >= 0.6 is 50.3 Å². The normalized spacial score (nSPS) is 14.8. The van der Waals surface area contributed by atoms with Gasteiger partial charge in [0.2, 0.25) is 0 Å². The maximum atomic E-state index is 12.9. The Morgan fingerprint density at radius 3 is 2.67 bits per heavy atom. The molecule has 0 aliphatic carbocycles. The number of imide groups is 1. The molecule has 3 aromatic rings. The first-order valence-electron chi connectivity index (χ1n) is 9.85. The number of aromatic nitrogens is 1. The van der Waals surface area contributed by atoms with Crippen molar-refractivity contribution in [1.82, 2.24) is 9.88 Å². The number of methoxy groups -OCH3 is 1. The molecule has 2 heterocycles. The predicted molar refractivity (Wildman–Crippen MR) is 140 cm³/mol. The molecule has 6 nitrogen and oxygen atoms in total. The molecule has 0 N–H and O–H groups in total. The molecule has 33 heavy (non-hydrogen) atoms. The number of carbonyl (C=O) groups is 2. The summed E-state index contributed by atoms with van der Waals surface area (Å²) in [6, 6.07) is 16.8. The summed E-state index contributed by atoms with van der Waals surface area (Å²) in [5, 5.41) is -0.293. The highest BCUT2D eigenvalue weighted by molar-refractivity contribution is 14.1. The van der Waals surface area contributed by atoms with E-state index in [1.165, 1.54) is 4.90 Å². The van der Waals surface area contributed by atoms with E-state index in [0.29, 0.717) is 23.0 Å². The molecular weight excluding hydrogens is 619 g/mol. The molecule has 0 atom stereocenters. The summed E-state index contributed by atoms with van der Waals surface area (Å²) in [7, 11) is 1.56. The lowest BCUT2D eigenvalue weighted by Crippen LogP contribution is -2.27. The van der Waals surface area contributed by atoms with Crippen LogP contribution in [0.15, 0.2) is 70.2 Å². The third-order valence-electron chi connectivity index (χ3n) is 4.80. The highest BCUT2D eigenvalue weighted by Crippen LogP contribution is 2.38. The van der Waals surface area contributed by atoms with Gasteiger partial charge in [-0.25, -0.2) is 0 Å². The number of nitrogens with zero attached hydrogens (tertiary/aromatic N) is 2. The Morgan fingerprint density at radius 1 is 1.15 bits per heavy atom. The number of carbonyl (C=O) groups excluding carboxylic acids is 2. The van der Waals surface area contributed by atoms with Gasteiger partial charge < -0.3 is 9.47 Å². The van der Waals surface area contributed by atoms with Gasteiger partial charge in [-0.05, 0) is 81.9 Å². The van der Waals surface area contributed by atoms with Crippen molar-refractivity contribution in [2.75, 3.05) is 7.11 Å². The topological polar surface area (TPSA) is 68.7 Å². The van der Waals surface area contributed by atoms with Crippen molar-refractivity contribution in [3.8, 4) is 11.5 Å². The van der Waals surface area contributed by atoms with Crippen molar-refractivity contribution in [2.45, 2.75) is 13.2 Å². The van der Waals surface area contributed by atoms with Gasteiger partial charge in [0.25, 0.3) is 11.1 Å². The first-order valence-corrected chi connectivity index (χ1v) is 12.5. The van der Waals surface area contributed by atoms with Gasteiger partial charge in [0.1, 0.15) is 6.61 Å². The van der Waals surface area contributed by atoms with Crippen molar-refractivity contribution in [3.63, 3.8) is 0 Å². The first kappa shape index (κ1) is 23.8. The van der Waals surface area contributed by atoms with Crippen LogP contribution < -0.4 is 9.47 Å². The van der Waals surface area contributed by atoms with Gasteiger partial charge in [0.15, 0.2) is 11.5 Å². The monoisotopic (exact) mass is 636 g/mol. The molecule has 2 amide bonds. The van der Waals surface area contributed by atoms with E-state index < -0.39 is 0 Å². The minimum absolute atomic E-state index is 0.213. The predicted octanol–water partition coefficient (Wildman–Crippen LogP) is 6.27. The number of pyridine rings is 1. The van der Waals surface area contributed by atoms with Gasteiger partial charge in [-0.15, -0.1) is 0 Å². The van der Waals surface area contributed by atoms with Gasteiger partial charge in [0.05, 0.1) is 27.8 Å². The fraction of sp³-hybridized carbons (Fsp3) is 0.125. The highest BCUT2D eigenvalue weighted by Gasteiger charge is 2.35.